The van der Waals surface area contributed by atoms with Crippen molar-refractivity contribution in [2.24, 2.45) is 10.7 Å². The average molecular weight is 209 g/mol. The van der Waals surface area contributed by atoms with Gasteiger partial charge in [-0.3, -0.25) is 5.01 Å². The number of hydrazine groups is 1. The first-order chi connectivity index (χ1) is 6.95. The molecule has 0 aliphatic heterocycles. The minimum absolute atomic E-state index is 0.282. The third-order valence-corrected chi connectivity index (χ3v) is 1.72. The molecule has 0 fully saturated rings. The molecule has 0 aromatic heterocycles. The van der Waals surface area contributed by atoms with E-state index < -0.39 is 0 Å². The molecule has 0 radical (unpaired) electrons. The molecule has 0 rings (SSSR count). The van der Waals surface area contributed by atoms with Gasteiger partial charge in [-0.15, -0.1) is 0 Å². The van der Waals surface area contributed by atoms with Gasteiger partial charge in [-0.05, 0) is 13.8 Å². The van der Waals surface area contributed by atoms with Crippen molar-refractivity contribution in [2.75, 3.05) is 14.1 Å². The van der Waals surface area contributed by atoms with E-state index in [1.807, 2.05) is 14.1 Å². The molecule has 0 atom stereocenters. The summed E-state index contributed by atoms with van der Waals surface area (Å²) < 4.78 is 0. The summed E-state index contributed by atoms with van der Waals surface area (Å²) in [5.41, 5.74) is 6.40. The Morgan fingerprint density at radius 1 is 1.47 bits per heavy atom. The molecule has 0 saturated heterocycles. The van der Waals surface area contributed by atoms with Gasteiger partial charge in [-0.1, -0.05) is 6.58 Å². The van der Waals surface area contributed by atoms with Crippen LogP contribution >= 0.6 is 0 Å². The van der Waals surface area contributed by atoms with Gasteiger partial charge in [0.25, 0.3) is 0 Å². The Morgan fingerprint density at radius 2 is 2.00 bits per heavy atom. The van der Waals surface area contributed by atoms with E-state index in [0.717, 1.165) is 0 Å². The van der Waals surface area contributed by atoms with Crippen molar-refractivity contribution < 1.29 is 0 Å². The minimum atomic E-state index is 0.282. The Hall–Kier alpha value is -1.62. The Labute approximate surface area is 91.1 Å². The van der Waals surface area contributed by atoms with Gasteiger partial charge in [0.05, 0.1) is 11.4 Å². The van der Waals surface area contributed by atoms with Crippen molar-refractivity contribution in [3.63, 3.8) is 0 Å². The number of allylic oxidation sites excluding steroid dienone is 1. The van der Waals surface area contributed by atoms with Crippen LogP contribution in [0, 0.1) is 5.41 Å². The molecule has 0 amide bonds. The highest BCUT2D eigenvalue weighted by Crippen LogP contribution is 2.11. The van der Waals surface area contributed by atoms with Gasteiger partial charge in [-0.25, -0.2) is 10.0 Å². The molecule has 0 aromatic rings. The molecule has 15 heavy (non-hydrogen) atoms. The summed E-state index contributed by atoms with van der Waals surface area (Å²) in [5.74, 6) is 0.505. The molecule has 0 aromatic carbocycles. The van der Waals surface area contributed by atoms with Crippen LogP contribution in [0.4, 0.5) is 0 Å². The molecule has 0 heterocycles. The van der Waals surface area contributed by atoms with Crippen LogP contribution in [0.3, 0.4) is 0 Å². The summed E-state index contributed by atoms with van der Waals surface area (Å²) in [6.45, 7) is 7.09. The lowest BCUT2D eigenvalue weighted by Gasteiger charge is -2.27. The number of hydrogen-bond acceptors (Lipinski definition) is 5. The van der Waals surface area contributed by atoms with Crippen LogP contribution in [0.25, 0.3) is 0 Å². The first-order valence-corrected chi connectivity index (χ1v) is 4.58. The maximum absolute atomic E-state index is 7.48. The molecule has 0 bridgehead atoms. The standard InChI is InChI=1S/C10H19N5/c1-6-13-10(9(12)8(3)11)15(7-2)14(4)5/h6-7,11H,2,12H2,1,3-5H3/b10-9-,11-8?,13-6-. The van der Waals surface area contributed by atoms with Gasteiger partial charge in [0, 0.05) is 26.5 Å². The van der Waals surface area contributed by atoms with Crippen molar-refractivity contribution >= 4 is 11.9 Å². The largest absolute Gasteiger partial charge is 0.394 e. The highest BCUT2D eigenvalue weighted by Gasteiger charge is 2.12. The van der Waals surface area contributed by atoms with Crippen molar-refractivity contribution in [1.82, 2.24) is 10.0 Å². The quantitative estimate of drug-likeness (QED) is 0.527. The molecule has 5 heteroatoms. The normalized spacial score (nSPS) is 12.9. The van der Waals surface area contributed by atoms with Crippen LogP contribution in [0.2, 0.25) is 0 Å². The van der Waals surface area contributed by atoms with Gasteiger partial charge in [0.15, 0.2) is 5.82 Å². The number of rotatable bonds is 5. The molecule has 0 aliphatic rings. The SMILES string of the molecule is C=CN(C(/N=C\C)=C(\N)C(C)=N)N(C)C. The van der Waals surface area contributed by atoms with Crippen molar-refractivity contribution in [3.05, 3.63) is 24.3 Å². The van der Waals surface area contributed by atoms with Crippen molar-refractivity contribution in [1.29, 1.82) is 5.41 Å². The Kier molecular flexibility index (Phi) is 5.33. The molecule has 84 valence electrons. The zero-order valence-corrected chi connectivity index (χ0v) is 9.78. The van der Waals surface area contributed by atoms with E-state index in [1.165, 1.54) is 0 Å². The van der Waals surface area contributed by atoms with Gasteiger partial charge in [0.1, 0.15) is 0 Å². The molecular formula is C10H19N5. The van der Waals surface area contributed by atoms with Gasteiger partial charge >= 0.3 is 0 Å². The fraction of sp³-hybridized carbons (Fsp3) is 0.400. The summed E-state index contributed by atoms with van der Waals surface area (Å²) in [6.07, 6.45) is 3.23. The summed E-state index contributed by atoms with van der Waals surface area (Å²) in [6, 6.07) is 0. The van der Waals surface area contributed by atoms with E-state index in [9.17, 15) is 0 Å². The lowest BCUT2D eigenvalue weighted by atomic mass is 10.3. The Bertz CT molecular complexity index is 301. The summed E-state index contributed by atoms with van der Waals surface area (Å²) >= 11 is 0. The maximum Gasteiger partial charge on any atom is 0.172 e. The molecule has 0 aliphatic carbocycles. The third kappa shape index (κ3) is 3.55. The molecular weight excluding hydrogens is 190 g/mol. The fourth-order valence-electron chi connectivity index (χ4n) is 0.981. The van der Waals surface area contributed by atoms with E-state index in [-0.39, 0.29) is 5.71 Å². The molecule has 0 saturated carbocycles. The number of nitrogens with zero attached hydrogens (tertiary/aromatic N) is 3. The summed E-state index contributed by atoms with van der Waals surface area (Å²) in [4.78, 5) is 4.14. The van der Waals surface area contributed by atoms with Crippen LogP contribution in [0.1, 0.15) is 13.8 Å². The second kappa shape index (κ2) is 5.98. The van der Waals surface area contributed by atoms with Crippen LogP contribution < -0.4 is 5.73 Å². The lowest BCUT2D eigenvalue weighted by Crippen LogP contribution is -2.33. The third-order valence-electron chi connectivity index (χ3n) is 1.72. The monoisotopic (exact) mass is 209 g/mol. The summed E-state index contributed by atoms with van der Waals surface area (Å²) in [5, 5.41) is 10.9. The first kappa shape index (κ1) is 13.4. The predicted octanol–water partition coefficient (Wildman–Crippen LogP) is 1.17. The van der Waals surface area contributed by atoms with Gasteiger partial charge < -0.3 is 11.1 Å². The smallest absolute Gasteiger partial charge is 0.172 e. The minimum Gasteiger partial charge on any atom is -0.394 e. The zero-order chi connectivity index (χ0) is 12.0. The fourth-order valence-corrected chi connectivity index (χ4v) is 0.981. The average Bonchev–Trinajstić information content (AvgIpc) is 2.15. The molecule has 5 nitrogen and oxygen atoms in total. The highest BCUT2D eigenvalue weighted by atomic mass is 15.6. The van der Waals surface area contributed by atoms with E-state index in [0.29, 0.717) is 11.5 Å². The predicted molar refractivity (Wildman–Crippen MR) is 64.5 cm³/mol. The van der Waals surface area contributed by atoms with E-state index in [2.05, 4.69) is 11.6 Å². The Balaban J connectivity index is 5.38. The van der Waals surface area contributed by atoms with Crippen LogP contribution in [0.15, 0.2) is 29.3 Å². The van der Waals surface area contributed by atoms with E-state index >= 15 is 0 Å². The highest BCUT2D eigenvalue weighted by molar-refractivity contribution is 5.95. The van der Waals surface area contributed by atoms with E-state index in [4.69, 9.17) is 11.1 Å². The van der Waals surface area contributed by atoms with Crippen molar-refractivity contribution in [2.45, 2.75) is 13.8 Å². The van der Waals surface area contributed by atoms with Gasteiger partial charge in [-0.2, -0.15) is 0 Å². The van der Waals surface area contributed by atoms with Crippen molar-refractivity contribution in [3.8, 4) is 0 Å². The maximum atomic E-state index is 7.48. The van der Waals surface area contributed by atoms with Crippen LogP contribution in [-0.2, 0) is 0 Å². The molecule has 0 unspecified atom stereocenters. The number of nitrogens with two attached hydrogens (primary N) is 1. The number of aliphatic imine (C=N–C) groups is 1. The zero-order valence-electron chi connectivity index (χ0n) is 9.78. The molecule has 0 spiro atoms. The van der Waals surface area contributed by atoms with E-state index in [1.54, 1.807) is 36.3 Å². The molecule has 3 N–H and O–H groups in total. The lowest BCUT2D eigenvalue weighted by molar-refractivity contribution is 0.123. The second-order valence-electron chi connectivity index (χ2n) is 3.12. The summed E-state index contributed by atoms with van der Waals surface area (Å²) in [7, 11) is 3.69. The van der Waals surface area contributed by atoms with Gasteiger partial charge in [0.2, 0.25) is 0 Å². The topological polar surface area (TPSA) is 68.7 Å². The number of nitrogens with one attached hydrogen (secondary N) is 1. The van der Waals surface area contributed by atoms with Crippen LogP contribution in [0.5, 0.6) is 0 Å². The number of hydrogen-bond donors (Lipinski definition) is 2. The first-order valence-electron chi connectivity index (χ1n) is 4.58. The Morgan fingerprint density at radius 3 is 2.27 bits per heavy atom. The second-order valence-corrected chi connectivity index (χ2v) is 3.12. The van der Waals surface area contributed by atoms with Crippen LogP contribution in [-0.4, -0.2) is 36.0 Å².